The van der Waals surface area contributed by atoms with E-state index >= 15 is 0 Å². The van der Waals surface area contributed by atoms with Crippen LogP contribution in [0.3, 0.4) is 0 Å². The molecule has 0 saturated heterocycles. The Bertz CT molecular complexity index is 644. The smallest absolute Gasteiger partial charge is 0.280 e. The maximum absolute atomic E-state index is 11.8. The van der Waals surface area contributed by atoms with Crippen LogP contribution < -0.4 is 11.5 Å². The second-order valence-electron chi connectivity index (χ2n) is 4.19. The Morgan fingerprint density at radius 1 is 1.32 bits per heavy atom. The number of guanidine groups is 1. The Hall–Kier alpha value is -1.89. The summed E-state index contributed by atoms with van der Waals surface area (Å²) in [4.78, 5) is 15.4. The minimum atomic E-state index is -3.42. The van der Waals surface area contributed by atoms with Crippen molar-refractivity contribution >= 4 is 21.7 Å². The molecule has 0 fully saturated rings. The van der Waals surface area contributed by atoms with Gasteiger partial charge in [-0.2, -0.15) is 4.99 Å². The summed E-state index contributed by atoms with van der Waals surface area (Å²) in [6.45, 7) is 3.42. The Kier molecular flexibility index (Phi) is 4.31. The fraction of sp³-hybridized carbons (Fsp3) is 0.333. The molecule has 0 aromatic heterocycles. The number of sulfone groups is 1. The van der Waals surface area contributed by atoms with Crippen molar-refractivity contribution in [2.45, 2.75) is 25.2 Å². The van der Waals surface area contributed by atoms with Crippen LogP contribution in [-0.4, -0.2) is 26.5 Å². The van der Waals surface area contributed by atoms with Crippen molar-refractivity contribution in [2.75, 3.05) is 6.26 Å². The number of hydrogen-bond acceptors (Lipinski definition) is 3. The van der Waals surface area contributed by atoms with Gasteiger partial charge in [-0.15, -0.1) is 0 Å². The first-order valence-corrected chi connectivity index (χ1v) is 7.54. The molecule has 1 aromatic carbocycles. The molecule has 1 aromatic rings. The molecule has 6 nitrogen and oxygen atoms in total. The van der Waals surface area contributed by atoms with E-state index < -0.39 is 15.7 Å². The number of benzene rings is 1. The number of rotatable bonds is 3. The molecule has 104 valence electrons. The number of hydrogen-bond donors (Lipinski definition) is 2. The lowest BCUT2D eigenvalue weighted by Crippen LogP contribution is -2.24. The lowest BCUT2D eigenvalue weighted by atomic mass is 10.0. The van der Waals surface area contributed by atoms with Crippen molar-refractivity contribution in [3.8, 4) is 0 Å². The molecule has 0 aliphatic rings. The van der Waals surface area contributed by atoms with E-state index in [1.165, 1.54) is 6.07 Å². The van der Waals surface area contributed by atoms with Gasteiger partial charge in [-0.3, -0.25) is 4.79 Å². The Balaban J connectivity index is 3.57. The van der Waals surface area contributed by atoms with Crippen LogP contribution in [0.2, 0.25) is 0 Å². The Labute approximate surface area is 112 Å². The third kappa shape index (κ3) is 3.31. The number of aryl methyl sites for hydroxylation is 1. The molecule has 7 heteroatoms. The fourth-order valence-corrected chi connectivity index (χ4v) is 3.31. The van der Waals surface area contributed by atoms with E-state index in [-0.39, 0.29) is 16.4 Å². The summed E-state index contributed by atoms with van der Waals surface area (Å²) in [5.41, 5.74) is 11.5. The summed E-state index contributed by atoms with van der Waals surface area (Å²) in [5.74, 6) is -1.00. The standard InChI is InChI=1S/C12H17N3O3S/c1-4-8-5-6-9(11(16)15-12(13)14)7(2)10(8)19(3,17)18/h5-6H,4H2,1-3H3,(H4,13,14,15,16). The second-order valence-corrected chi connectivity index (χ2v) is 6.15. The van der Waals surface area contributed by atoms with Crippen molar-refractivity contribution in [1.29, 1.82) is 0 Å². The first kappa shape index (κ1) is 15.2. The maximum atomic E-state index is 11.8. The molecule has 0 radical (unpaired) electrons. The van der Waals surface area contributed by atoms with Crippen LogP contribution in [0, 0.1) is 6.92 Å². The van der Waals surface area contributed by atoms with E-state index in [0.29, 0.717) is 17.5 Å². The summed E-state index contributed by atoms with van der Waals surface area (Å²) in [6, 6.07) is 3.15. The molecule has 19 heavy (non-hydrogen) atoms. The normalized spacial score (nSPS) is 11.1. The summed E-state index contributed by atoms with van der Waals surface area (Å²) < 4.78 is 23.7. The second kappa shape index (κ2) is 5.40. The molecular formula is C12H17N3O3S. The highest BCUT2D eigenvalue weighted by molar-refractivity contribution is 7.90. The van der Waals surface area contributed by atoms with Gasteiger partial charge in [0.15, 0.2) is 15.8 Å². The number of amides is 1. The van der Waals surface area contributed by atoms with Gasteiger partial charge in [-0.25, -0.2) is 8.42 Å². The van der Waals surface area contributed by atoms with Gasteiger partial charge < -0.3 is 11.5 Å². The van der Waals surface area contributed by atoms with Crippen LogP contribution in [-0.2, 0) is 16.3 Å². The van der Waals surface area contributed by atoms with Gasteiger partial charge in [0.05, 0.1) is 4.90 Å². The van der Waals surface area contributed by atoms with Crippen LogP contribution in [0.4, 0.5) is 0 Å². The zero-order valence-electron chi connectivity index (χ0n) is 11.1. The Morgan fingerprint density at radius 2 is 1.89 bits per heavy atom. The number of nitrogens with zero attached hydrogens (tertiary/aromatic N) is 1. The van der Waals surface area contributed by atoms with Crippen LogP contribution in [0.5, 0.6) is 0 Å². The summed E-state index contributed by atoms with van der Waals surface area (Å²) in [5, 5.41) is 0. The average molecular weight is 283 g/mol. The molecule has 0 bridgehead atoms. The largest absolute Gasteiger partial charge is 0.370 e. The van der Waals surface area contributed by atoms with E-state index in [1.807, 2.05) is 6.92 Å². The molecule has 4 N–H and O–H groups in total. The summed E-state index contributed by atoms with van der Waals surface area (Å²) in [6.07, 6.45) is 1.67. The SMILES string of the molecule is CCc1ccc(C(=O)N=C(N)N)c(C)c1S(C)(=O)=O. The average Bonchev–Trinajstić information content (AvgIpc) is 2.25. The van der Waals surface area contributed by atoms with Crippen LogP contribution in [0.1, 0.15) is 28.4 Å². The molecule has 0 atom stereocenters. The predicted octanol–water partition coefficient (Wildman–Crippen LogP) is 0.375. The van der Waals surface area contributed by atoms with Gasteiger partial charge in [0.1, 0.15) is 0 Å². The highest BCUT2D eigenvalue weighted by Crippen LogP contribution is 2.24. The van der Waals surface area contributed by atoms with Crippen LogP contribution in [0.15, 0.2) is 22.0 Å². The van der Waals surface area contributed by atoms with Crippen molar-refractivity contribution in [3.63, 3.8) is 0 Å². The van der Waals surface area contributed by atoms with Crippen molar-refractivity contribution in [3.05, 3.63) is 28.8 Å². The zero-order chi connectivity index (χ0) is 14.8. The van der Waals surface area contributed by atoms with Crippen LogP contribution >= 0.6 is 0 Å². The minimum Gasteiger partial charge on any atom is -0.370 e. The monoisotopic (exact) mass is 283 g/mol. The molecule has 1 rings (SSSR count). The fourth-order valence-electron chi connectivity index (χ4n) is 1.95. The van der Waals surface area contributed by atoms with Crippen molar-refractivity contribution in [1.82, 2.24) is 0 Å². The lowest BCUT2D eigenvalue weighted by molar-refractivity contribution is 0.100. The Morgan fingerprint density at radius 3 is 2.32 bits per heavy atom. The number of carbonyl (C=O) groups excluding carboxylic acids is 1. The zero-order valence-corrected chi connectivity index (χ0v) is 11.9. The first-order valence-electron chi connectivity index (χ1n) is 5.65. The number of nitrogens with two attached hydrogens (primary N) is 2. The van der Waals surface area contributed by atoms with E-state index in [9.17, 15) is 13.2 Å². The van der Waals surface area contributed by atoms with E-state index in [2.05, 4.69) is 4.99 Å². The molecule has 0 saturated carbocycles. The molecule has 0 spiro atoms. The maximum Gasteiger partial charge on any atom is 0.280 e. The topological polar surface area (TPSA) is 116 Å². The van der Waals surface area contributed by atoms with Gasteiger partial charge in [0.25, 0.3) is 5.91 Å². The van der Waals surface area contributed by atoms with Gasteiger partial charge >= 0.3 is 0 Å². The third-order valence-electron chi connectivity index (χ3n) is 2.70. The predicted molar refractivity (Wildman–Crippen MR) is 73.8 cm³/mol. The summed E-state index contributed by atoms with van der Waals surface area (Å²) >= 11 is 0. The van der Waals surface area contributed by atoms with Gasteiger partial charge in [-0.1, -0.05) is 13.0 Å². The number of aliphatic imine (C=N–C) groups is 1. The van der Waals surface area contributed by atoms with E-state index in [0.717, 1.165) is 6.26 Å². The third-order valence-corrected chi connectivity index (χ3v) is 4.01. The minimum absolute atomic E-state index is 0.173. The molecule has 0 aliphatic carbocycles. The first-order chi connectivity index (χ1) is 8.68. The van der Waals surface area contributed by atoms with Gasteiger partial charge in [0, 0.05) is 11.8 Å². The van der Waals surface area contributed by atoms with E-state index in [1.54, 1.807) is 13.0 Å². The van der Waals surface area contributed by atoms with Crippen molar-refractivity contribution in [2.24, 2.45) is 16.5 Å². The quantitative estimate of drug-likeness (QED) is 0.614. The molecular weight excluding hydrogens is 266 g/mol. The summed E-state index contributed by atoms with van der Waals surface area (Å²) in [7, 11) is -3.42. The van der Waals surface area contributed by atoms with Gasteiger partial charge in [-0.05, 0) is 30.5 Å². The molecule has 0 heterocycles. The van der Waals surface area contributed by atoms with Gasteiger partial charge in [0.2, 0.25) is 0 Å². The highest BCUT2D eigenvalue weighted by Gasteiger charge is 2.20. The lowest BCUT2D eigenvalue weighted by Gasteiger charge is -2.12. The molecule has 0 aliphatic heterocycles. The van der Waals surface area contributed by atoms with Crippen LogP contribution in [0.25, 0.3) is 0 Å². The molecule has 1 amide bonds. The van der Waals surface area contributed by atoms with Crippen molar-refractivity contribution < 1.29 is 13.2 Å². The molecule has 0 unspecified atom stereocenters. The number of carbonyl (C=O) groups is 1. The van der Waals surface area contributed by atoms with E-state index in [4.69, 9.17) is 11.5 Å². The highest BCUT2D eigenvalue weighted by atomic mass is 32.2.